The van der Waals surface area contributed by atoms with E-state index in [0.29, 0.717) is 16.3 Å². The van der Waals surface area contributed by atoms with Crippen LogP contribution in [0.4, 0.5) is 0 Å². The third-order valence-corrected chi connectivity index (χ3v) is 4.72. The van der Waals surface area contributed by atoms with Gasteiger partial charge in [0.15, 0.2) is 0 Å². The van der Waals surface area contributed by atoms with E-state index in [9.17, 15) is 4.79 Å². The van der Waals surface area contributed by atoms with Crippen LogP contribution in [0.2, 0.25) is 0 Å². The number of aryl methyl sites for hydroxylation is 1. The van der Waals surface area contributed by atoms with Gasteiger partial charge in [-0.1, -0.05) is 28.8 Å². The monoisotopic (exact) mass is 310 g/mol. The quantitative estimate of drug-likeness (QED) is 0.872. The molecule has 0 radical (unpaired) electrons. The number of aromatic nitrogens is 1. The highest BCUT2D eigenvalue weighted by molar-refractivity contribution is 9.09. The van der Waals surface area contributed by atoms with Gasteiger partial charge in [0.2, 0.25) is 0 Å². The van der Waals surface area contributed by atoms with Crippen LogP contribution in [0.1, 0.15) is 41.7 Å². The molecule has 1 amide bonds. The predicted octanol–water partition coefficient (Wildman–Crippen LogP) is 3.07. The summed E-state index contributed by atoms with van der Waals surface area (Å²) in [6.45, 7) is 2.67. The van der Waals surface area contributed by atoms with E-state index in [1.807, 2.05) is 19.1 Å². The van der Waals surface area contributed by atoms with Crippen LogP contribution < -0.4 is 5.32 Å². The lowest BCUT2D eigenvalue weighted by molar-refractivity contribution is 0.0944. The number of hydrogen-bond acceptors (Lipinski definition) is 2. The maximum Gasteiger partial charge on any atom is 0.252 e. The van der Waals surface area contributed by atoms with Gasteiger partial charge in [-0.2, -0.15) is 0 Å². The molecule has 2 rings (SSSR count). The molecule has 1 N–H and O–H groups in total. The Balaban J connectivity index is 1.86. The molecule has 1 aliphatic carbocycles. The van der Waals surface area contributed by atoms with Gasteiger partial charge in [0, 0.05) is 23.3 Å². The SMILES string of the molecule is Cc1ccc(C(=O)NCC2CCCCC2Br)cn1. The van der Waals surface area contributed by atoms with Crippen molar-refractivity contribution >= 4 is 21.8 Å². The normalized spacial score (nSPS) is 23.7. The summed E-state index contributed by atoms with van der Waals surface area (Å²) in [4.78, 5) is 16.6. The van der Waals surface area contributed by atoms with Crippen molar-refractivity contribution in [2.45, 2.75) is 37.4 Å². The van der Waals surface area contributed by atoms with Crippen molar-refractivity contribution in [3.8, 4) is 0 Å². The van der Waals surface area contributed by atoms with Crippen LogP contribution in [0.3, 0.4) is 0 Å². The van der Waals surface area contributed by atoms with E-state index in [2.05, 4.69) is 26.2 Å². The van der Waals surface area contributed by atoms with Crippen LogP contribution in [0, 0.1) is 12.8 Å². The minimum absolute atomic E-state index is 0.0206. The number of amides is 1. The average molecular weight is 311 g/mol. The first-order chi connectivity index (χ1) is 8.66. The second-order valence-electron chi connectivity index (χ2n) is 4.96. The van der Waals surface area contributed by atoms with Crippen molar-refractivity contribution in [3.63, 3.8) is 0 Å². The molecule has 0 aromatic carbocycles. The zero-order valence-corrected chi connectivity index (χ0v) is 12.2. The smallest absolute Gasteiger partial charge is 0.252 e. The molecule has 0 spiro atoms. The van der Waals surface area contributed by atoms with Gasteiger partial charge in [-0.25, -0.2) is 0 Å². The number of carbonyl (C=O) groups is 1. The highest BCUT2D eigenvalue weighted by atomic mass is 79.9. The Morgan fingerprint density at radius 2 is 2.22 bits per heavy atom. The van der Waals surface area contributed by atoms with E-state index in [4.69, 9.17) is 0 Å². The molecule has 1 aromatic rings. The minimum atomic E-state index is -0.0206. The van der Waals surface area contributed by atoms with Gasteiger partial charge in [0.05, 0.1) is 5.56 Å². The summed E-state index contributed by atoms with van der Waals surface area (Å²) in [6.07, 6.45) is 6.61. The fourth-order valence-electron chi connectivity index (χ4n) is 2.32. The number of nitrogens with zero attached hydrogens (tertiary/aromatic N) is 1. The van der Waals surface area contributed by atoms with Crippen molar-refractivity contribution in [1.82, 2.24) is 10.3 Å². The van der Waals surface area contributed by atoms with E-state index in [0.717, 1.165) is 12.2 Å². The topological polar surface area (TPSA) is 42.0 Å². The zero-order chi connectivity index (χ0) is 13.0. The molecule has 1 aliphatic rings. The number of nitrogens with one attached hydrogen (secondary N) is 1. The minimum Gasteiger partial charge on any atom is -0.352 e. The van der Waals surface area contributed by atoms with Gasteiger partial charge >= 0.3 is 0 Å². The van der Waals surface area contributed by atoms with Crippen LogP contribution in [0.15, 0.2) is 18.3 Å². The molecule has 18 heavy (non-hydrogen) atoms. The predicted molar refractivity (Wildman–Crippen MR) is 76.0 cm³/mol. The highest BCUT2D eigenvalue weighted by Gasteiger charge is 2.23. The molecule has 1 aromatic heterocycles. The van der Waals surface area contributed by atoms with Gasteiger partial charge in [0.25, 0.3) is 5.91 Å². The molecule has 3 nitrogen and oxygen atoms in total. The highest BCUT2D eigenvalue weighted by Crippen LogP contribution is 2.29. The molecule has 1 heterocycles. The molecule has 0 saturated heterocycles. The van der Waals surface area contributed by atoms with E-state index >= 15 is 0 Å². The number of rotatable bonds is 3. The Labute approximate surface area is 117 Å². The second kappa shape index (κ2) is 6.32. The number of carbonyl (C=O) groups excluding carboxylic acids is 1. The molecule has 1 fully saturated rings. The third-order valence-electron chi connectivity index (χ3n) is 3.51. The average Bonchev–Trinajstić information content (AvgIpc) is 2.38. The fourth-order valence-corrected chi connectivity index (χ4v) is 3.10. The Bertz CT molecular complexity index is 405. The van der Waals surface area contributed by atoms with Crippen molar-refractivity contribution in [1.29, 1.82) is 0 Å². The van der Waals surface area contributed by atoms with Gasteiger partial charge in [-0.05, 0) is 37.8 Å². The number of halogens is 1. The van der Waals surface area contributed by atoms with Crippen molar-refractivity contribution in [2.24, 2.45) is 5.92 Å². The number of pyridine rings is 1. The van der Waals surface area contributed by atoms with Crippen LogP contribution in [0.25, 0.3) is 0 Å². The largest absolute Gasteiger partial charge is 0.352 e. The van der Waals surface area contributed by atoms with Gasteiger partial charge in [0.1, 0.15) is 0 Å². The maximum absolute atomic E-state index is 11.9. The lowest BCUT2D eigenvalue weighted by atomic mass is 9.89. The van der Waals surface area contributed by atoms with Gasteiger partial charge in [-0.15, -0.1) is 0 Å². The van der Waals surface area contributed by atoms with Crippen molar-refractivity contribution in [2.75, 3.05) is 6.54 Å². The number of hydrogen-bond donors (Lipinski definition) is 1. The third kappa shape index (κ3) is 3.55. The molecular weight excluding hydrogens is 292 g/mol. The summed E-state index contributed by atoms with van der Waals surface area (Å²) >= 11 is 3.71. The van der Waals surface area contributed by atoms with E-state index in [-0.39, 0.29) is 5.91 Å². The molecule has 0 aliphatic heterocycles. The summed E-state index contributed by atoms with van der Waals surface area (Å²) in [7, 11) is 0. The molecule has 1 saturated carbocycles. The van der Waals surface area contributed by atoms with Crippen molar-refractivity contribution in [3.05, 3.63) is 29.6 Å². The second-order valence-corrected chi connectivity index (χ2v) is 6.13. The zero-order valence-electron chi connectivity index (χ0n) is 10.7. The summed E-state index contributed by atoms with van der Waals surface area (Å²) in [5, 5.41) is 3.01. The first kappa shape index (κ1) is 13.5. The van der Waals surface area contributed by atoms with E-state index in [1.165, 1.54) is 25.7 Å². The number of alkyl halides is 1. The molecule has 98 valence electrons. The van der Waals surface area contributed by atoms with Gasteiger partial charge < -0.3 is 5.32 Å². The molecular formula is C14H19BrN2O. The molecule has 0 bridgehead atoms. The van der Waals surface area contributed by atoms with E-state index < -0.39 is 0 Å². The lowest BCUT2D eigenvalue weighted by Crippen LogP contribution is -2.34. The summed E-state index contributed by atoms with van der Waals surface area (Å²) in [5.74, 6) is 0.536. The first-order valence-electron chi connectivity index (χ1n) is 6.52. The van der Waals surface area contributed by atoms with Crippen LogP contribution >= 0.6 is 15.9 Å². The molecule has 2 atom stereocenters. The molecule has 4 heteroatoms. The molecule has 2 unspecified atom stereocenters. The van der Waals surface area contributed by atoms with Crippen molar-refractivity contribution < 1.29 is 4.79 Å². The lowest BCUT2D eigenvalue weighted by Gasteiger charge is -2.27. The Kier molecular flexibility index (Phi) is 4.75. The maximum atomic E-state index is 11.9. The Hall–Kier alpha value is -0.900. The van der Waals surface area contributed by atoms with Crippen LogP contribution in [0.5, 0.6) is 0 Å². The first-order valence-corrected chi connectivity index (χ1v) is 7.43. The summed E-state index contributed by atoms with van der Waals surface area (Å²) < 4.78 is 0. The Morgan fingerprint density at radius 1 is 1.44 bits per heavy atom. The van der Waals surface area contributed by atoms with Crippen LogP contribution in [-0.4, -0.2) is 22.3 Å². The fraction of sp³-hybridized carbons (Fsp3) is 0.571. The van der Waals surface area contributed by atoms with Crippen LogP contribution in [-0.2, 0) is 0 Å². The van der Waals surface area contributed by atoms with Gasteiger partial charge in [-0.3, -0.25) is 9.78 Å². The summed E-state index contributed by atoms with van der Waals surface area (Å²) in [6, 6.07) is 3.69. The standard InChI is InChI=1S/C14H19BrN2O/c1-10-6-7-12(9-16-10)14(18)17-8-11-4-2-3-5-13(11)15/h6-7,9,11,13H,2-5,8H2,1H3,(H,17,18). The summed E-state index contributed by atoms with van der Waals surface area (Å²) in [5.41, 5.74) is 1.57. The van der Waals surface area contributed by atoms with E-state index in [1.54, 1.807) is 6.20 Å². The Morgan fingerprint density at radius 3 is 2.89 bits per heavy atom.